The Labute approximate surface area is 99.7 Å². The molecule has 0 fully saturated rings. The van der Waals surface area contributed by atoms with Crippen LogP contribution in [0.4, 0.5) is 0 Å². The molecule has 2 heteroatoms. The molecule has 0 saturated carbocycles. The second-order valence-electron chi connectivity index (χ2n) is 4.74. The summed E-state index contributed by atoms with van der Waals surface area (Å²) in [6.07, 6.45) is 10.9. The van der Waals surface area contributed by atoms with Crippen LogP contribution in [0.3, 0.4) is 0 Å². The Morgan fingerprint density at radius 2 is 1.88 bits per heavy atom. The summed E-state index contributed by atoms with van der Waals surface area (Å²) in [5.41, 5.74) is 1.12. The molecule has 1 aliphatic rings. The second-order valence-corrected chi connectivity index (χ2v) is 4.74. The van der Waals surface area contributed by atoms with Gasteiger partial charge in [0, 0.05) is 6.42 Å². The van der Waals surface area contributed by atoms with E-state index in [1.807, 2.05) is 0 Å². The average molecular weight is 226 g/mol. The van der Waals surface area contributed by atoms with Crippen LogP contribution < -0.4 is 0 Å². The SMILES string of the molecule is CCCCCC1=CCOC1(O)CCCCC. The van der Waals surface area contributed by atoms with Crippen molar-refractivity contribution in [2.45, 2.75) is 71.0 Å². The maximum absolute atomic E-state index is 10.4. The summed E-state index contributed by atoms with van der Waals surface area (Å²) in [6.45, 7) is 4.97. The molecule has 0 radical (unpaired) electrons. The lowest BCUT2D eigenvalue weighted by atomic mass is 9.96. The fourth-order valence-electron chi connectivity index (χ4n) is 2.24. The predicted molar refractivity (Wildman–Crippen MR) is 67.3 cm³/mol. The zero-order chi connectivity index (χ0) is 11.9. The number of unbranched alkanes of at least 4 members (excludes halogenated alkanes) is 4. The molecule has 16 heavy (non-hydrogen) atoms. The van der Waals surface area contributed by atoms with Crippen molar-refractivity contribution >= 4 is 0 Å². The zero-order valence-electron chi connectivity index (χ0n) is 10.8. The van der Waals surface area contributed by atoms with E-state index in [9.17, 15) is 5.11 Å². The number of hydrogen-bond acceptors (Lipinski definition) is 2. The zero-order valence-corrected chi connectivity index (χ0v) is 10.8. The first-order valence-corrected chi connectivity index (χ1v) is 6.78. The Balaban J connectivity index is 2.36. The van der Waals surface area contributed by atoms with Crippen LogP contribution in [-0.4, -0.2) is 17.5 Å². The smallest absolute Gasteiger partial charge is 0.188 e. The van der Waals surface area contributed by atoms with Crippen molar-refractivity contribution in [3.05, 3.63) is 11.6 Å². The van der Waals surface area contributed by atoms with Crippen LogP contribution in [0.2, 0.25) is 0 Å². The van der Waals surface area contributed by atoms with Crippen molar-refractivity contribution in [2.24, 2.45) is 0 Å². The number of ether oxygens (including phenoxy) is 1. The first-order chi connectivity index (χ1) is 7.73. The van der Waals surface area contributed by atoms with Gasteiger partial charge in [-0.25, -0.2) is 0 Å². The molecule has 0 saturated heterocycles. The summed E-state index contributed by atoms with van der Waals surface area (Å²) in [5.74, 6) is -0.928. The standard InChI is InChI=1S/C14H26O2/c1-3-5-7-9-13-10-12-16-14(13,15)11-8-6-4-2/h10,15H,3-9,11-12H2,1-2H3. The van der Waals surface area contributed by atoms with Gasteiger partial charge in [-0.3, -0.25) is 0 Å². The van der Waals surface area contributed by atoms with E-state index in [0.717, 1.165) is 24.8 Å². The molecule has 1 heterocycles. The molecule has 1 aliphatic heterocycles. The molecule has 0 aromatic carbocycles. The van der Waals surface area contributed by atoms with Gasteiger partial charge in [0.2, 0.25) is 0 Å². The summed E-state index contributed by atoms with van der Waals surface area (Å²) in [7, 11) is 0. The summed E-state index contributed by atoms with van der Waals surface area (Å²) < 4.78 is 5.49. The molecule has 1 atom stereocenters. The highest BCUT2D eigenvalue weighted by Gasteiger charge is 2.34. The van der Waals surface area contributed by atoms with Gasteiger partial charge in [0.25, 0.3) is 0 Å². The van der Waals surface area contributed by atoms with Gasteiger partial charge in [-0.05, 0) is 24.8 Å². The molecular formula is C14H26O2. The van der Waals surface area contributed by atoms with E-state index in [4.69, 9.17) is 4.74 Å². The van der Waals surface area contributed by atoms with Gasteiger partial charge in [0.15, 0.2) is 5.79 Å². The lowest BCUT2D eigenvalue weighted by Gasteiger charge is -2.26. The van der Waals surface area contributed by atoms with Crippen LogP contribution in [0.25, 0.3) is 0 Å². The Morgan fingerprint density at radius 3 is 2.56 bits per heavy atom. The van der Waals surface area contributed by atoms with E-state index in [2.05, 4.69) is 19.9 Å². The van der Waals surface area contributed by atoms with E-state index >= 15 is 0 Å². The van der Waals surface area contributed by atoms with Gasteiger partial charge in [0.1, 0.15) is 0 Å². The van der Waals surface area contributed by atoms with E-state index in [0.29, 0.717) is 6.61 Å². The Morgan fingerprint density at radius 1 is 1.19 bits per heavy atom. The molecular weight excluding hydrogens is 200 g/mol. The van der Waals surface area contributed by atoms with Crippen LogP contribution >= 0.6 is 0 Å². The fraction of sp³-hybridized carbons (Fsp3) is 0.857. The molecule has 2 nitrogen and oxygen atoms in total. The molecule has 0 spiro atoms. The van der Waals surface area contributed by atoms with Crippen LogP contribution in [0.15, 0.2) is 11.6 Å². The molecule has 1 unspecified atom stereocenters. The topological polar surface area (TPSA) is 29.5 Å². The number of hydrogen-bond donors (Lipinski definition) is 1. The highest BCUT2D eigenvalue weighted by molar-refractivity contribution is 5.17. The highest BCUT2D eigenvalue weighted by Crippen LogP contribution is 2.33. The average Bonchev–Trinajstić information content (AvgIpc) is 2.62. The maximum Gasteiger partial charge on any atom is 0.188 e. The van der Waals surface area contributed by atoms with Crippen molar-refractivity contribution in [1.29, 1.82) is 0 Å². The van der Waals surface area contributed by atoms with Crippen LogP contribution in [-0.2, 0) is 4.74 Å². The van der Waals surface area contributed by atoms with Gasteiger partial charge in [-0.2, -0.15) is 0 Å². The van der Waals surface area contributed by atoms with E-state index in [1.165, 1.54) is 32.1 Å². The van der Waals surface area contributed by atoms with Crippen LogP contribution in [0.1, 0.15) is 65.2 Å². The third kappa shape index (κ3) is 3.91. The largest absolute Gasteiger partial charge is 0.362 e. The Bertz CT molecular complexity index is 223. The first-order valence-electron chi connectivity index (χ1n) is 6.78. The van der Waals surface area contributed by atoms with Gasteiger partial charge < -0.3 is 9.84 Å². The molecule has 0 amide bonds. The van der Waals surface area contributed by atoms with Crippen molar-refractivity contribution in [2.75, 3.05) is 6.61 Å². The summed E-state index contributed by atoms with van der Waals surface area (Å²) in [6, 6.07) is 0. The lowest BCUT2D eigenvalue weighted by Crippen LogP contribution is -2.30. The lowest BCUT2D eigenvalue weighted by molar-refractivity contribution is -0.160. The quantitative estimate of drug-likeness (QED) is 0.504. The predicted octanol–water partition coefficient (Wildman–Crippen LogP) is 3.79. The maximum atomic E-state index is 10.4. The van der Waals surface area contributed by atoms with Crippen LogP contribution in [0, 0.1) is 0 Å². The van der Waals surface area contributed by atoms with Crippen molar-refractivity contribution < 1.29 is 9.84 Å². The van der Waals surface area contributed by atoms with E-state index in [1.54, 1.807) is 0 Å². The molecule has 94 valence electrons. The summed E-state index contributed by atoms with van der Waals surface area (Å²) in [5, 5.41) is 10.4. The van der Waals surface area contributed by atoms with Gasteiger partial charge in [-0.1, -0.05) is 45.6 Å². The molecule has 0 bridgehead atoms. The minimum Gasteiger partial charge on any atom is -0.362 e. The molecule has 0 aromatic heterocycles. The Hall–Kier alpha value is -0.340. The normalized spacial score (nSPS) is 24.8. The minimum atomic E-state index is -0.928. The Kier molecular flexibility index (Phi) is 6.07. The monoisotopic (exact) mass is 226 g/mol. The van der Waals surface area contributed by atoms with E-state index in [-0.39, 0.29) is 0 Å². The summed E-state index contributed by atoms with van der Waals surface area (Å²) >= 11 is 0. The van der Waals surface area contributed by atoms with Crippen molar-refractivity contribution in [3.63, 3.8) is 0 Å². The second kappa shape index (κ2) is 7.08. The molecule has 0 aliphatic carbocycles. The van der Waals surface area contributed by atoms with Crippen LogP contribution in [0.5, 0.6) is 0 Å². The number of rotatable bonds is 8. The fourth-order valence-corrected chi connectivity index (χ4v) is 2.24. The molecule has 0 aromatic rings. The summed E-state index contributed by atoms with van der Waals surface area (Å²) in [4.78, 5) is 0. The first kappa shape index (κ1) is 13.7. The van der Waals surface area contributed by atoms with Crippen molar-refractivity contribution in [3.8, 4) is 0 Å². The molecule has 1 N–H and O–H groups in total. The third-order valence-electron chi connectivity index (χ3n) is 3.32. The van der Waals surface area contributed by atoms with Gasteiger partial charge >= 0.3 is 0 Å². The van der Waals surface area contributed by atoms with Gasteiger partial charge in [0.05, 0.1) is 6.61 Å². The third-order valence-corrected chi connectivity index (χ3v) is 3.32. The number of aliphatic hydroxyl groups is 1. The highest BCUT2D eigenvalue weighted by atomic mass is 16.6. The van der Waals surface area contributed by atoms with E-state index < -0.39 is 5.79 Å². The minimum absolute atomic E-state index is 0.587. The molecule has 1 rings (SSSR count). The van der Waals surface area contributed by atoms with Crippen molar-refractivity contribution in [1.82, 2.24) is 0 Å². The van der Waals surface area contributed by atoms with Gasteiger partial charge in [-0.15, -0.1) is 0 Å².